The molecule has 3 aromatic rings. The highest BCUT2D eigenvalue weighted by Crippen LogP contribution is 2.28. The zero-order chi connectivity index (χ0) is 28.3. The van der Waals surface area contributed by atoms with Crippen LogP contribution in [0.25, 0.3) is 5.69 Å². The Morgan fingerprint density at radius 1 is 1.21 bits per heavy atom. The second kappa shape index (κ2) is 11.4. The van der Waals surface area contributed by atoms with Crippen LogP contribution < -0.4 is 21.9 Å². The maximum Gasteiger partial charge on any atom is 0.352 e. The van der Waals surface area contributed by atoms with E-state index in [9.17, 15) is 28.7 Å². The lowest BCUT2D eigenvalue weighted by molar-refractivity contribution is -0.113. The van der Waals surface area contributed by atoms with Gasteiger partial charge in [-0.1, -0.05) is 18.2 Å². The van der Waals surface area contributed by atoms with E-state index in [1.807, 2.05) is 0 Å². The van der Waals surface area contributed by atoms with Crippen molar-refractivity contribution in [3.63, 3.8) is 0 Å². The van der Waals surface area contributed by atoms with E-state index in [1.54, 1.807) is 19.1 Å². The van der Waals surface area contributed by atoms with Gasteiger partial charge in [0, 0.05) is 26.0 Å². The fourth-order valence-corrected chi connectivity index (χ4v) is 4.06. The summed E-state index contributed by atoms with van der Waals surface area (Å²) in [7, 11) is 2.88. The highest BCUT2D eigenvalue weighted by Gasteiger charge is 2.31. The van der Waals surface area contributed by atoms with Crippen LogP contribution in [0.2, 0.25) is 0 Å². The molecule has 204 valence electrons. The minimum atomic E-state index is -1.08. The summed E-state index contributed by atoms with van der Waals surface area (Å²) in [5.74, 6) is -0.992. The Kier molecular flexibility index (Phi) is 8.02. The first-order valence-corrected chi connectivity index (χ1v) is 11.9. The first-order valence-electron chi connectivity index (χ1n) is 11.9. The van der Waals surface area contributed by atoms with Crippen LogP contribution in [0.4, 0.5) is 14.9 Å². The zero-order valence-electron chi connectivity index (χ0n) is 21.4. The number of halogens is 1. The molecular weight excluding hydrogens is 511 g/mol. The van der Waals surface area contributed by atoms with Gasteiger partial charge in [-0.25, -0.2) is 14.0 Å². The maximum absolute atomic E-state index is 13.5. The molecule has 0 saturated heterocycles. The Hall–Kier alpha value is -4.62. The first kappa shape index (κ1) is 27.4. The molecule has 2 atom stereocenters. The smallest absolute Gasteiger partial charge is 0.352 e. The summed E-state index contributed by atoms with van der Waals surface area (Å²) in [5.41, 5.74) is 0.512. The molecule has 1 aliphatic heterocycles. The van der Waals surface area contributed by atoms with Crippen molar-refractivity contribution in [3.8, 4) is 5.69 Å². The molecule has 12 nitrogen and oxygen atoms in total. The molecule has 3 N–H and O–H groups in total. The molecule has 4 rings (SSSR count). The second-order valence-electron chi connectivity index (χ2n) is 8.98. The molecule has 1 aliphatic rings. The molecule has 2 aromatic carbocycles. The minimum Gasteiger partial charge on any atom is -0.389 e. The molecule has 0 aliphatic carbocycles. The van der Waals surface area contributed by atoms with Gasteiger partial charge in [-0.3, -0.25) is 14.2 Å². The normalized spacial score (nSPS) is 15.9. The number of methoxy groups -OCH3 is 1. The fourth-order valence-electron chi connectivity index (χ4n) is 4.06. The maximum atomic E-state index is 13.5. The van der Waals surface area contributed by atoms with Gasteiger partial charge >= 0.3 is 11.7 Å². The minimum absolute atomic E-state index is 0.0701. The number of nitrogens with one attached hydrogen (secondary N) is 2. The molecule has 0 bridgehead atoms. The van der Waals surface area contributed by atoms with Gasteiger partial charge in [-0.15, -0.1) is 0 Å². The lowest BCUT2D eigenvalue weighted by Crippen LogP contribution is -2.44. The largest absolute Gasteiger partial charge is 0.389 e. The summed E-state index contributed by atoms with van der Waals surface area (Å²) in [6.45, 7) is 1.39. The van der Waals surface area contributed by atoms with Crippen LogP contribution >= 0.6 is 0 Å². The van der Waals surface area contributed by atoms with Crippen molar-refractivity contribution in [3.05, 3.63) is 98.2 Å². The van der Waals surface area contributed by atoms with Crippen LogP contribution in [0.15, 0.2) is 70.0 Å². The number of aliphatic hydroxyl groups is 1. The van der Waals surface area contributed by atoms with Crippen LogP contribution in [0.1, 0.15) is 17.2 Å². The number of aliphatic hydroxyl groups excluding tert-OH is 1. The van der Waals surface area contributed by atoms with Gasteiger partial charge in [0.05, 0.1) is 36.6 Å². The predicted octanol–water partition coefficient (Wildman–Crippen LogP) is 1.07. The molecular formula is C26H27FN6O6. The number of benzene rings is 2. The summed E-state index contributed by atoms with van der Waals surface area (Å²) in [4.78, 5) is 52.2. The van der Waals surface area contributed by atoms with Gasteiger partial charge < -0.3 is 25.4 Å². The van der Waals surface area contributed by atoms with Crippen LogP contribution in [0.5, 0.6) is 0 Å². The number of nitrogens with zero attached hydrogens (tertiary/aromatic N) is 4. The number of amides is 3. The molecule has 2 heterocycles. The van der Waals surface area contributed by atoms with E-state index in [-0.39, 0.29) is 24.4 Å². The number of hydrogen-bond acceptors (Lipinski definition) is 7. The Morgan fingerprint density at radius 3 is 2.62 bits per heavy atom. The summed E-state index contributed by atoms with van der Waals surface area (Å²) in [5, 5.41) is 19.5. The molecule has 0 saturated carbocycles. The van der Waals surface area contributed by atoms with Gasteiger partial charge in [0.25, 0.3) is 11.5 Å². The highest BCUT2D eigenvalue weighted by molar-refractivity contribution is 6.06. The fraction of sp³-hybridized carbons (Fsp3) is 0.269. The molecule has 39 heavy (non-hydrogen) atoms. The van der Waals surface area contributed by atoms with Crippen molar-refractivity contribution >= 4 is 17.6 Å². The van der Waals surface area contributed by atoms with E-state index < -0.39 is 41.2 Å². The van der Waals surface area contributed by atoms with Gasteiger partial charge in [0.2, 0.25) is 0 Å². The number of carbonyl (C=O) groups excluding carboxylic acids is 2. The van der Waals surface area contributed by atoms with Crippen molar-refractivity contribution < 1.29 is 23.8 Å². The monoisotopic (exact) mass is 538 g/mol. The summed E-state index contributed by atoms with van der Waals surface area (Å²) >= 11 is 0. The van der Waals surface area contributed by atoms with Crippen molar-refractivity contribution in [1.82, 2.24) is 24.6 Å². The predicted molar refractivity (Wildman–Crippen MR) is 139 cm³/mol. The SMILES string of the molecule is COCC(O)Cn1c(=O)cnn(-c2ccc(C)c(NC(=O)C3=CN(C)C(=O)NC3c3ccc(F)cc3)c2)c1=O. The van der Waals surface area contributed by atoms with E-state index in [4.69, 9.17) is 4.74 Å². The molecule has 0 radical (unpaired) electrons. The number of aromatic nitrogens is 3. The average molecular weight is 539 g/mol. The van der Waals surface area contributed by atoms with Crippen molar-refractivity contribution in [2.75, 3.05) is 26.1 Å². The Labute approximate surface area is 221 Å². The topological polar surface area (TPSA) is 148 Å². The standard InChI is InChI=1S/C26H27FN6O6/c1-15-4-9-18(33-26(38)32(22(35)11-28-33)12-19(34)14-39-3)10-21(15)29-24(36)20-13-31(2)25(37)30-23(20)16-5-7-17(27)8-6-16/h4-11,13,19,23,34H,12,14H2,1-3H3,(H,29,36)(H,30,37). The van der Waals surface area contributed by atoms with Crippen LogP contribution in [-0.4, -0.2) is 63.2 Å². The van der Waals surface area contributed by atoms with E-state index in [0.717, 1.165) is 15.4 Å². The van der Waals surface area contributed by atoms with Crippen LogP contribution in [0.3, 0.4) is 0 Å². The summed E-state index contributed by atoms with van der Waals surface area (Å²) in [6, 6.07) is 8.94. The molecule has 1 aromatic heterocycles. The van der Waals surface area contributed by atoms with Gasteiger partial charge in [-0.05, 0) is 42.3 Å². The van der Waals surface area contributed by atoms with Crippen molar-refractivity contribution in [2.24, 2.45) is 0 Å². The number of carbonyl (C=O) groups is 2. The van der Waals surface area contributed by atoms with Crippen molar-refractivity contribution in [2.45, 2.75) is 25.6 Å². The van der Waals surface area contributed by atoms with Crippen LogP contribution in [-0.2, 0) is 16.1 Å². The van der Waals surface area contributed by atoms with Gasteiger partial charge in [-0.2, -0.15) is 9.78 Å². The molecule has 3 amide bonds. The quantitative estimate of drug-likeness (QED) is 0.389. The Bertz CT molecular complexity index is 1550. The lowest BCUT2D eigenvalue weighted by Gasteiger charge is -2.30. The Balaban J connectivity index is 1.66. The number of anilines is 1. The number of ether oxygens (including phenoxy) is 1. The number of rotatable bonds is 8. The zero-order valence-corrected chi connectivity index (χ0v) is 21.4. The molecule has 0 spiro atoms. The highest BCUT2D eigenvalue weighted by atomic mass is 19.1. The van der Waals surface area contributed by atoms with E-state index in [2.05, 4.69) is 15.7 Å². The molecule has 13 heteroatoms. The van der Waals surface area contributed by atoms with Crippen LogP contribution in [0, 0.1) is 12.7 Å². The third-order valence-corrected chi connectivity index (χ3v) is 6.13. The Morgan fingerprint density at radius 2 is 1.92 bits per heavy atom. The van der Waals surface area contributed by atoms with Gasteiger partial charge in [0.15, 0.2) is 0 Å². The third kappa shape index (κ3) is 5.94. The second-order valence-corrected chi connectivity index (χ2v) is 8.98. The number of hydrogen-bond donors (Lipinski definition) is 3. The lowest BCUT2D eigenvalue weighted by atomic mass is 9.97. The molecule has 2 unspecified atom stereocenters. The number of aryl methyl sites for hydroxylation is 1. The summed E-state index contributed by atoms with van der Waals surface area (Å²) in [6.07, 6.45) is 1.27. The van der Waals surface area contributed by atoms with E-state index in [0.29, 0.717) is 16.8 Å². The summed E-state index contributed by atoms with van der Waals surface area (Å²) < 4.78 is 20.2. The van der Waals surface area contributed by atoms with E-state index >= 15 is 0 Å². The molecule has 0 fully saturated rings. The van der Waals surface area contributed by atoms with Gasteiger partial charge in [0.1, 0.15) is 12.0 Å². The first-order chi connectivity index (χ1) is 18.6. The third-order valence-electron chi connectivity index (χ3n) is 6.13. The number of urea groups is 1. The van der Waals surface area contributed by atoms with Crippen molar-refractivity contribution in [1.29, 1.82) is 0 Å². The van der Waals surface area contributed by atoms with E-state index in [1.165, 1.54) is 55.6 Å². The average Bonchev–Trinajstić information content (AvgIpc) is 2.90.